The molecule has 1 aliphatic heterocycles. The van der Waals surface area contributed by atoms with Crippen LogP contribution in [0.2, 0.25) is 0 Å². The smallest absolute Gasteiger partial charge is 0.407 e. The maximum Gasteiger partial charge on any atom is 0.407 e. The molecule has 2 N–H and O–H groups in total. The van der Waals surface area contributed by atoms with Gasteiger partial charge in [-0.05, 0) is 27.7 Å². The third kappa shape index (κ3) is 3.86. The molecule has 0 saturated heterocycles. The van der Waals surface area contributed by atoms with Crippen LogP contribution in [0.5, 0.6) is 0 Å². The van der Waals surface area contributed by atoms with Crippen molar-refractivity contribution in [1.29, 1.82) is 0 Å². The van der Waals surface area contributed by atoms with E-state index in [0.29, 0.717) is 5.25 Å². The summed E-state index contributed by atoms with van der Waals surface area (Å²) in [5.41, 5.74) is 5.55. The Hall–Kier alpha value is -3.25. The van der Waals surface area contributed by atoms with Crippen LogP contribution in [-0.4, -0.2) is 35.1 Å². The van der Waals surface area contributed by atoms with Crippen LogP contribution in [-0.2, 0) is 9.53 Å². The van der Waals surface area contributed by atoms with Crippen LogP contribution in [0.4, 0.5) is 4.79 Å². The van der Waals surface area contributed by atoms with Gasteiger partial charge in [0.15, 0.2) is 0 Å². The van der Waals surface area contributed by atoms with E-state index in [1.807, 2.05) is 54.0 Å². The standard InChI is InChI=1S/C26H23NO4S/c28-25(29)23(13-16-15-32-24-12-6-5-7-17(16)24)27-26(30)31-14-22-20-10-3-1-8-18(20)19-9-2-4-11-21(19)22/h1-12,15,17,22-24H,13-14H2,(H,27,30)(H,28,29)/t17-,23-,24-/m0/s1. The van der Waals surface area contributed by atoms with Gasteiger partial charge in [0, 0.05) is 23.5 Å². The number of benzene rings is 2. The molecule has 0 saturated carbocycles. The number of carbonyl (C=O) groups excluding carboxylic acids is 1. The Morgan fingerprint density at radius 1 is 1.00 bits per heavy atom. The third-order valence-corrected chi connectivity index (χ3v) is 7.47. The van der Waals surface area contributed by atoms with Gasteiger partial charge in [0.1, 0.15) is 12.6 Å². The second-order valence-electron chi connectivity index (χ2n) is 8.15. The average molecular weight is 446 g/mol. The number of aliphatic carboxylic acids is 1. The van der Waals surface area contributed by atoms with Gasteiger partial charge < -0.3 is 15.2 Å². The number of thioether (sulfide) groups is 1. The lowest BCUT2D eigenvalue weighted by molar-refractivity contribution is -0.139. The summed E-state index contributed by atoms with van der Waals surface area (Å²) in [7, 11) is 0. The summed E-state index contributed by atoms with van der Waals surface area (Å²) < 4.78 is 5.53. The summed E-state index contributed by atoms with van der Waals surface area (Å²) in [5, 5.41) is 14.6. The number of carboxylic acids is 1. The van der Waals surface area contributed by atoms with Crippen molar-refractivity contribution in [2.75, 3.05) is 6.61 Å². The largest absolute Gasteiger partial charge is 0.480 e. The number of rotatable bonds is 6. The molecule has 0 aromatic heterocycles. The maximum absolute atomic E-state index is 12.5. The van der Waals surface area contributed by atoms with Gasteiger partial charge in [-0.25, -0.2) is 9.59 Å². The van der Waals surface area contributed by atoms with Gasteiger partial charge in [0.05, 0.1) is 0 Å². The minimum Gasteiger partial charge on any atom is -0.480 e. The summed E-state index contributed by atoms with van der Waals surface area (Å²) in [6.45, 7) is 0.156. The van der Waals surface area contributed by atoms with Crippen LogP contribution in [0, 0.1) is 5.92 Å². The lowest BCUT2D eigenvalue weighted by Crippen LogP contribution is -2.42. The zero-order valence-corrected chi connectivity index (χ0v) is 18.1. The second-order valence-corrected chi connectivity index (χ2v) is 9.21. The first-order chi connectivity index (χ1) is 15.6. The Morgan fingerprint density at radius 2 is 1.66 bits per heavy atom. The molecule has 0 unspecified atom stereocenters. The van der Waals surface area contributed by atoms with Gasteiger partial charge in [-0.3, -0.25) is 0 Å². The van der Waals surface area contributed by atoms with E-state index in [4.69, 9.17) is 4.74 Å². The number of ether oxygens (including phenoxy) is 1. The van der Waals surface area contributed by atoms with E-state index in [1.54, 1.807) is 11.8 Å². The molecule has 3 atom stereocenters. The highest BCUT2D eigenvalue weighted by Crippen LogP contribution is 2.44. The monoisotopic (exact) mass is 445 g/mol. The molecule has 2 aromatic carbocycles. The fourth-order valence-corrected chi connectivity index (χ4v) is 5.90. The Bertz CT molecular complexity index is 1110. The van der Waals surface area contributed by atoms with Crippen molar-refractivity contribution in [3.05, 3.63) is 94.9 Å². The molecule has 0 spiro atoms. The topological polar surface area (TPSA) is 75.6 Å². The lowest BCUT2D eigenvalue weighted by atomic mass is 9.89. The Morgan fingerprint density at radius 3 is 2.34 bits per heavy atom. The first kappa shape index (κ1) is 20.6. The summed E-state index contributed by atoms with van der Waals surface area (Å²) in [6.07, 6.45) is 7.74. The van der Waals surface area contributed by atoms with E-state index < -0.39 is 18.1 Å². The van der Waals surface area contributed by atoms with Gasteiger partial charge in [-0.1, -0.05) is 78.4 Å². The van der Waals surface area contributed by atoms with Crippen LogP contribution < -0.4 is 5.32 Å². The van der Waals surface area contributed by atoms with Crippen LogP contribution in [0.25, 0.3) is 11.1 Å². The lowest BCUT2D eigenvalue weighted by Gasteiger charge is -2.21. The third-order valence-electron chi connectivity index (χ3n) is 6.26. The summed E-state index contributed by atoms with van der Waals surface area (Å²) in [6, 6.07) is 15.2. The molecule has 1 heterocycles. The van der Waals surface area contributed by atoms with Crippen molar-refractivity contribution in [2.24, 2.45) is 5.92 Å². The second kappa shape index (κ2) is 8.71. The molecule has 2 aliphatic carbocycles. The van der Waals surface area contributed by atoms with E-state index >= 15 is 0 Å². The minimum absolute atomic E-state index is 0.0645. The minimum atomic E-state index is -1.07. The molecule has 1 amide bonds. The van der Waals surface area contributed by atoms with Gasteiger partial charge in [-0.2, -0.15) is 0 Å². The van der Waals surface area contributed by atoms with E-state index in [-0.39, 0.29) is 24.9 Å². The average Bonchev–Trinajstić information content (AvgIpc) is 3.36. The predicted molar refractivity (Wildman–Crippen MR) is 125 cm³/mol. The first-order valence-corrected chi connectivity index (χ1v) is 11.6. The molecule has 32 heavy (non-hydrogen) atoms. The fraction of sp³-hybridized carbons (Fsp3) is 0.231. The molecule has 162 valence electrons. The molecular weight excluding hydrogens is 422 g/mol. The van der Waals surface area contributed by atoms with Crippen LogP contribution >= 0.6 is 11.8 Å². The molecular formula is C26H23NO4S. The summed E-state index contributed by atoms with van der Waals surface area (Å²) in [5.74, 6) is -0.954. The van der Waals surface area contributed by atoms with Crippen LogP contribution in [0.15, 0.2) is 83.8 Å². The van der Waals surface area contributed by atoms with Crippen LogP contribution in [0.3, 0.4) is 0 Å². The number of hydrogen-bond donors (Lipinski definition) is 2. The number of hydrogen-bond acceptors (Lipinski definition) is 4. The van der Waals surface area contributed by atoms with Gasteiger partial charge in [0.2, 0.25) is 0 Å². The quantitative estimate of drug-likeness (QED) is 0.646. The molecule has 0 fully saturated rings. The van der Waals surface area contributed by atoms with Gasteiger partial charge in [0.25, 0.3) is 0 Å². The summed E-state index contributed by atoms with van der Waals surface area (Å²) >= 11 is 1.68. The zero-order chi connectivity index (χ0) is 22.1. The Labute approximate surface area is 190 Å². The zero-order valence-electron chi connectivity index (χ0n) is 17.3. The van der Waals surface area contributed by atoms with Gasteiger partial charge >= 0.3 is 12.1 Å². The molecule has 0 radical (unpaired) electrons. The van der Waals surface area contributed by atoms with Gasteiger partial charge in [-0.15, -0.1) is 11.8 Å². The van der Waals surface area contributed by atoms with Crippen LogP contribution in [0.1, 0.15) is 23.5 Å². The molecule has 0 bridgehead atoms. The SMILES string of the molecule is O=C(N[C@@H](CC1=CS[C@H]2C=CC=C[C@@H]12)C(=O)O)OCC1c2ccccc2-c2ccccc21. The Kier molecular flexibility index (Phi) is 5.62. The summed E-state index contributed by atoms with van der Waals surface area (Å²) in [4.78, 5) is 24.4. The normalized spacial score (nSPS) is 21.3. The first-order valence-electron chi connectivity index (χ1n) is 10.7. The highest BCUT2D eigenvalue weighted by Gasteiger charge is 2.33. The maximum atomic E-state index is 12.5. The van der Waals surface area contributed by atoms with E-state index in [0.717, 1.165) is 27.8 Å². The number of carbonyl (C=O) groups is 2. The van der Waals surface area contributed by atoms with E-state index in [9.17, 15) is 14.7 Å². The van der Waals surface area contributed by atoms with Crippen molar-refractivity contribution in [1.82, 2.24) is 5.32 Å². The number of amides is 1. The van der Waals surface area contributed by atoms with Crippen molar-refractivity contribution in [2.45, 2.75) is 23.6 Å². The van der Waals surface area contributed by atoms with Crippen molar-refractivity contribution >= 4 is 23.8 Å². The number of allylic oxidation sites excluding steroid dienone is 3. The molecule has 5 nitrogen and oxygen atoms in total. The number of alkyl carbamates (subject to hydrolysis) is 1. The van der Waals surface area contributed by atoms with E-state index in [1.165, 1.54) is 0 Å². The number of nitrogens with one attached hydrogen (secondary N) is 1. The van der Waals surface area contributed by atoms with Crippen molar-refractivity contribution < 1.29 is 19.4 Å². The highest BCUT2D eigenvalue weighted by molar-refractivity contribution is 8.03. The van der Waals surface area contributed by atoms with Crippen molar-refractivity contribution in [3.63, 3.8) is 0 Å². The predicted octanol–water partition coefficient (Wildman–Crippen LogP) is 5.11. The highest BCUT2D eigenvalue weighted by atomic mass is 32.2. The molecule has 3 aliphatic rings. The number of carboxylic acid groups (broad SMARTS) is 1. The fourth-order valence-electron chi connectivity index (χ4n) is 4.70. The number of fused-ring (bicyclic) bond motifs is 4. The Balaban J connectivity index is 1.24. The molecule has 6 heteroatoms. The molecule has 2 aromatic rings. The van der Waals surface area contributed by atoms with Crippen molar-refractivity contribution in [3.8, 4) is 11.1 Å². The van der Waals surface area contributed by atoms with E-state index in [2.05, 4.69) is 29.6 Å². The molecule has 5 rings (SSSR count).